The van der Waals surface area contributed by atoms with E-state index < -0.39 is 5.97 Å². The van der Waals surface area contributed by atoms with E-state index in [4.69, 9.17) is 11.6 Å². The second-order valence-electron chi connectivity index (χ2n) is 2.42. The number of carbonyl (C=O) groups excluding carboxylic acids is 1. The molecular weight excluding hydrogens is 180 g/mol. The molecule has 0 bridgehead atoms. The molecule has 5 heteroatoms. The summed E-state index contributed by atoms with van der Waals surface area (Å²) in [6.07, 6.45) is 1.45. The number of hydrogen-bond donors (Lipinski definition) is 0. The molecule has 0 amide bonds. The molecule has 0 fully saturated rings. The van der Waals surface area contributed by atoms with Crippen LogP contribution in [-0.4, -0.2) is 15.7 Å². The number of carbonyl (C=O) groups is 1. The van der Waals surface area contributed by atoms with Crippen LogP contribution < -0.4 is 5.11 Å². The summed E-state index contributed by atoms with van der Waals surface area (Å²) in [4.78, 5) is 10.1. The topological polar surface area (TPSA) is 58.0 Å². The summed E-state index contributed by atoms with van der Waals surface area (Å²) in [6, 6.07) is 0. The molecule has 0 N–H and O–H groups in total. The minimum atomic E-state index is -1.08. The number of rotatable bonds is 3. The monoisotopic (exact) mass is 187 g/mol. The van der Waals surface area contributed by atoms with E-state index >= 15 is 0 Å². The van der Waals surface area contributed by atoms with Crippen LogP contribution in [0.25, 0.3) is 0 Å². The summed E-state index contributed by atoms with van der Waals surface area (Å²) in [7, 11) is 0. The fourth-order valence-electron chi connectivity index (χ4n) is 0.846. The van der Waals surface area contributed by atoms with Crippen molar-refractivity contribution in [3.05, 3.63) is 16.9 Å². The fraction of sp³-hybridized carbons (Fsp3) is 0.429. The minimum absolute atomic E-state index is 0.0428. The van der Waals surface area contributed by atoms with E-state index in [-0.39, 0.29) is 6.42 Å². The first-order valence-corrected chi connectivity index (χ1v) is 3.87. The van der Waals surface area contributed by atoms with Crippen molar-refractivity contribution in [1.82, 2.24) is 9.78 Å². The Morgan fingerprint density at radius 2 is 2.50 bits per heavy atom. The number of aryl methyl sites for hydroxylation is 1. The Bertz CT molecular complexity index is 296. The van der Waals surface area contributed by atoms with Crippen LogP contribution in [0, 0.1) is 6.92 Å². The van der Waals surface area contributed by atoms with Crippen molar-refractivity contribution < 1.29 is 9.90 Å². The van der Waals surface area contributed by atoms with E-state index in [1.165, 1.54) is 10.9 Å². The summed E-state index contributed by atoms with van der Waals surface area (Å²) in [5.41, 5.74) is 0.776. The zero-order chi connectivity index (χ0) is 9.14. The number of aromatic nitrogens is 2. The molecule has 0 aliphatic carbocycles. The Balaban J connectivity index is 2.63. The molecule has 4 nitrogen and oxygen atoms in total. The van der Waals surface area contributed by atoms with Crippen LogP contribution in [0.3, 0.4) is 0 Å². The second-order valence-corrected chi connectivity index (χ2v) is 2.83. The van der Waals surface area contributed by atoms with Crippen molar-refractivity contribution in [1.29, 1.82) is 0 Å². The van der Waals surface area contributed by atoms with Crippen LogP contribution in [0.2, 0.25) is 5.02 Å². The van der Waals surface area contributed by atoms with Gasteiger partial charge >= 0.3 is 0 Å². The van der Waals surface area contributed by atoms with E-state index in [1.54, 1.807) is 6.92 Å². The lowest BCUT2D eigenvalue weighted by atomic mass is 10.4. The lowest BCUT2D eigenvalue weighted by molar-refractivity contribution is -0.306. The van der Waals surface area contributed by atoms with E-state index in [0.717, 1.165) is 5.69 Å². The van der Waals surface area contributed by atoms with Crippen molar-refractivity contribution in [3.8, 4) is 0 Å². The van der Waals surface area contributed by atoms with Gasteiger partial charge in [0.15, 0.2) is 0 Å². The molecule has 0 aromatic carbocycles. The first-order valence-electron chi connectivity index (χ1n) is 3.49. The number of halogens is 1. The predicted molar refractivity (Wildman–Crippen MR) is 41.6 cm³/mol. The van der Waals surface area contributed by atoms with Crippen LogP contribution in [0.15, 0.2) is 6.20 Å². The molecule has 0 saturated carbocycles. The van der Waals surface area contributed by atoms with Gasteiger partial charge in [0, 0.05) is 18.9 Å². The molecule has 1 aromatic heterocycles. The number of carboxylic acid groups (broad SMARTS) is 1. The summed E-state index contributed by atoms with van der Waals surface area (Å²) in [5.74, 6) is -1.08. The molecule has 0 saturated heterocycles. The SMILES string of the molecule is Cc1c(Cl)cnn1CCC(=O)[O-]. The average Bonchev–Trinajstić information content (AvgIpc) is 2.30. The fourth-order valence-corrected chi connectivity index (χ4v) is 0.988. The quantitative estimate of drug-likeness (QED) is 0.669. The Morgan fingerprint density at radius 1 is 1.83 bits per heavy atom. The second kappa shape index (κ2) is 3.58. The first-order chi connectivity index (χ1) is 5.61. The normalized spacial score (nSPS) is 10.2. The highest BCUT2D eigenvalue weighted by Crippen LogP contribution is 2.12. The summed E-state index contributed by atoms with van der Waals surface area (Å²) in [5, 5.41) is 14.5. The number of aliphatic carboxylic acids is 1. The first kappa shape index (κ1) is 9.06. The smallest absolute Gasteiger partial charge is 0.0814 e. The molecule has 66 valence electrons. The van der Waals surface area contributed by atoms with Crippen LogP contribution in [-0.2, 0) is 11.3 Å². The van der Waals surface area contributed by atoms with Crippen molar-refractivity contribution in [2.75, 3.05) is 0 Å². The van der Waals surface area contributed by atoms with Gasteiger partial charge in [-0.3, -0.25) is 4.68 Å². The van der Waals surface area contributed by atoms with Gasteiger partial charge in [0.05, 0.1) is 16.9 Å². The molecule has 0 radical (unpaired) electrons. The summed E-state index contributed by atoms with van der Waals surface area (Å²) < 4.78 is 1.54. The molecule has 1 aromatic rings. The molecular formula is C7H8ClN2O2-. The third-order valence-electron chi connectivity index (χ3n) is 1.57. The Labute approximate surface area is 74.8 Å². The zero-order valence-electron chi connectivity index (χ0n) is 6.58. The Hall–Kier alpha value is -1.03. The third-order valence-corrected chi connectivity index (χ3v) is 1.94. The molecule has 12 heavy (non-hydrogen) atoms. The van der Waals surface area contributed by atoms with E-state index in [9.17, 15) is 9.90 Å². The summed E-state index contributed by atoms with van der Waals surface area (Å²) >= 11 is 5.70. The van der Waals surface area contributed by atoms with Gasteiger partial charge in [0.2, 0.25) is 0 Å². The van der Waals surface area contributed by atoms with Crippen LogP contribution in [0.1, 0.15) is 12.1 Å². The summed E-state index contributed by atoms with van der Waals surface area (Å²) in [6.45, 7) is 2.09. The molecule has 0 aliphatic rings. The lowest BCUT2D eigenvalue weighted by Gasteiger charge is -2.04. The predicted octanol–water partition coefficient (Wildman–Crippen LogP) is -0.0151. The van der Waals surface area contributed by atoms with E-state index in [0.29, 0.717) is 11.6 Å². The maximum atomic E-state index is 10.1. The van der Waals surface area contributed by atoms with E-state index in [1.807, 2.05) is 0 Å². The van der Waals surface area contributed by atoms with Gasteiger partial charge in [-0.25, -0.2) is 0 Å². The van der Waals surface area contributed by atoms with Crippen molar-refractivity contribution in [2.45, 2.75) is 19.9 Å². The molecule has 0 atom stereocenters. The molecule has 0 aliphatic heterocycles. The minimum Gasteiger partial charge on any atom is -0.550 e. The maximum absolute atomic E-state index is 10.1. The standard InChI is InChI=1S/C7H9ClN2O2/c1-5-6(8)4-9-10(5)3-2-7(11)12/h4H,2-3H2,1H3,(H,11,12)/p-1. The molecule has 0 spiro atoms. The Morgan fingerprint density at radius 3 is 2.92 bits per heavy atom. The molecule has 1 heterocycles. The third kappa shape index (κ3) is 1.98. The van der Waals surface area contributed by atoms with E-state index in [2.05, 4.69) is 5.10 Å². The highest BCUT2D eigenvalue weighted by atomic mass is 35.5. The largest absolute Gasteiger partial charge is 0.550 e. The van der Waals surface area contributed by atoms with Crippen LogP contribution in [0.4, 0.5) is 0 Å². The van der Waals surface area contributed by atoms with Crippen LogP contribution in [0.5, 0.6) is 0 Å². The molecule has 1 rings (SSSR count). The van der Waals surface area contributed by atoms with Gasteiger partial charge < -0.3 is 9.90 Å². The van der Waals surface area contributed by atoms with Crippen molar-refractivity contribution >= 4 is 17.6 Å². The number of hydrogen-bond acceptors (Lipinski definition) is 3. The number of carboxylic acids is 1. The van der Waals surface area contributed by atoms with Gasteiger partial charge in [-0.15, -0.1) is 0 Å². The van der Waals surface area contributed by atoms with Gasteiger partial charge in [-0.05, 0) is 6.92 Å². The highest BCUT2D eigenvalue weighted by Gasteiger charge is 2.02. The lowest BCUT2D eigenvalue weighted by Crippen LogP contribution is -2.24. The van der Waals surface area contributed by atoms with Crippen LogP contribution >= 0.6 is 11.6 Å². The molecule has 0 unspecified atom stereocenters. The maximum Gasteiger partial charge on any atom is 0.0814 e. The van der Waals surface area contributed by atoms with Crippen molar-refractivity contribution in [3.63, 3.8) is 0 Å². The van der Waals surface area contributed by atoms with Crippen molar-refractivity contribution in [2.24, 2.45) is 0 Å². The zero-order valence-corrected chi connectivity index (χ0v) is 7.34. The van der Waals surface area contributed by atoms with Gasteiger partial charge in [0.1, 0.15) is 0 Å². The number of nitrogens with zero attached hydrogens (tertiary/aromatic N) is 2. The Kier molecular flexibility index (Phi) is 2.70. The highest BCUT2D eigenvalue weighted by molar-refractivity contribution is 6.31. The van der Waals surface area contributed by atoms with Gasteiger partial charge in [0.25, 0.3) is 0 Å². The van der Waals surface area contributed by atoms with Gasteiger partial charge in [-0.2, -0.15) is 5.10 Å². The van der Waals surface area contributed by atoms with Gasteiger partial charge in [-0.1, -0.05) is 11.6 Å². The average molecular weight is 188 g/mol.